The molecular weight excluding hydrogens is 330 g/mol. The van der Waals surface area contributed by atoms with Crippen molar-refractivity contribution in [2.75, 3.05) is 12.4 Å². The molecule has 0 bridgehead atoms. The summed E-state index contributed by atoms with van der Waals surface area (Å²) in [7, 11) is 1.62. The molecule has 2 N–H and O–H groups in total. The van der Waals surface area contributed by atoms with Crippen molar-refractivity contribution >= 4 is 17.5 Å². The van der Waals surface area contributed by atoms with Gasteiger partial charge in [-0.25, -0.2) is 14.8 Å². The van der Waals surface area contributed by atoms with Gasteiger partial charge in [-0.1, -0.05) is 13.0 Å². The lowest BCUT2D eigenvalue weighted by Gasteiger charge is -2.10. The highest BCUT2D eigenvalue weighted by Gasteiger charge is 2.08. The second-order valence-corrected chi connectivity index (χ2v) is 5.66. The highest BCUT2D eigenvalue weighted by atomic mass is 16.5. The Morgan fingerprint density at radius 3 is 2.54 bits per heavy atom. The molecule has 132 valence electrons. The zero-order valence-corrected chi connectivity index (χ0v) is 14.6. The summed E-state index contributed by atoms with van der Waals surface area (Å²) < 4.78 is 5.18. The molecule has 0 saturated carbocycles. The molecule has 0 unspecified atom stereocenters. The number of nitrogens with one attached hydrogen (secondary N) is 1. The maximum atomic E-state index is 11.1. The Kier molecular flexibility index (Phi) is 5.12. The zero-order chi connectivity index (χ0) is 18.5. The Labute approximate surface area is 151 Å². The third-order valence-corrected chi connectivity index (χ3v) is 3.87. The van der Waals surface area contributed by atoms with Crippen LogP contribution in [-0.4, -0.2) is 28.2 Å². The van der Waals surface area contributed by atoms with Crippen LogP contribution in [0.25, 0.3) is 11.4 Å². The number of carboxylic acid groups (broad SMARTS) is 1. The van der Waals surface area contributed by atoms with E-state index in [9.17, 15) is 4.79 Å². The number of carbonyl (C=O) groups is 1. The molecule has 3 aromatic rings. The van der Waals surface area contributed by atoms with Crippen LogP contribution < -0.4 is 10.1 Å². The number of aromatic carboxylic acids is 1. The first-order valence-corrected chi connectivity index (χ1v) is 8.22. The Morgan fingerprint density at radius 1 is 1.12 bits per heavy atom. The molecule has 1 heterocycles. The molecule has 0 aliphatic carbocycles. The van der Waals surface area contributed by atoms with Crippen LogP contribution in [0, 0.1) is 0 Å². The summed E-state index contributed by atoms with van der Waals surface area (Å²) in [4.78, 5) is 20.3. The van der Waals surface area contributed by atoms with E-state index in [-0.39, 0.29) is 5.56 Å². The Balaban J connectivity index is 1.94. The van der Waals surface area contributed by atoms with Crippen molar-refractivity contribution < 1.29 is 14.6 Å². The zero-order valence-electron chi connectivity index (χ0n) is 14.6. The summed E-state index contributed by atoms with van der Waals surface area (Å²) in [5, 5.41) is 12.3. The minimum Gasteiger partial charge on any atom is -0.497 e. The van der Waals surface area contributed by atoms with Gasteiger partial charge in [-0.15, -0.1) is 0 Å². The fraction of sp³-hybridized carbons (Fsp3) is 0.150. The molecule has 1 aromatic heterocycles. The summed E-state index contributed by atoms with van der Waals surface area (Å²) in [5.41, 5.74) is 2.65. The van der Waals surface area contributed by atoms with Crippen molar-refractivity contribution in [3.8, 4) is 17.1 Å². The van der Waals surface area contributed by atoms with Crippen LogP contribution in [0.5, 0.6) is 5.75 Å². The Bertz CT molecular complexity index is 924. The smallest absolute Gasteiger partial charge is 0.335 e. The number of carboxylic acids is 1. The van der Waals surface area contributed by atoms with Gasteiger partial charge in [0.05, 0.1) is 12.7 Å². The second-order valence-electron chi connectivity index (χ2n) is 5.66. The van der Waals surface area contributed by atoms with Crippen LogP contribution in [-0.2, 0) is 6.42 Å². The highest BCUT2D eigenvalue weighted by Crippen LogP contribution is 2.23. The van der Waals surface area contributed by atoms with Crippen molar-refractivity contribution in [1.29, 1.82) is 0 Å². The maximum absolute atomic E-state index is 11.1. The van der Waals surface area contributed by atoms with E-state index in [1.165, 1.54) is 0 Å². The van der Waals surface area contributed by atoms with E-state index in [0.29, 0.717) is 17.3 Å². The van der Waals surface area contributed by atoms with Crippen molar-refractivity contribution in [3.05, 3.63) is 65.9 Å². The fourth-order valence-electron chi connectivity index (χ4n) is 2.49. The van der Waals surface area contributed by atoms with Crippen molar-refractivity contribution in [2.45, 2.75) is 13.3 Å². The van der Waals surface area contributed by atoms with Crippen molar-refractivity contribution in [1.82, 2.24) is 9.97 Å². The van der Waals surface area contributed by atoms with E-state index in [4.69, 9.17) is 9.84 Å². The van der Waals surface area contributed by atoms with Gasteiger partial charge in [0.2, 0.25) is 0 Å². The van der Waals surface area contributed by atoms with Crippen LogP contribution in [0.1, 0.15) is 23.0 Å². The van der Waals surface area contributed by atoms with E-state index in [2.05, 4.69) is 15.3 Å². The SMILES string of the molecule is CCc1cc(Nc2cccc(C(=O)O)c2)nc(-c2ccc(OC)cc2)n1. The standard InChI is InChI=1S/C20H19N3O3/c1-3-15-12-18(21-16-6-4-5-14(11-16)20(24)25)23-19(22-15)13-7-9-17(26-2)10-8-13/h4-12H,3H2,1-2H3,(H,24,25)(H,21,22,23). The van der Waals surface area contributed by atoms with Crippen LogP contribution >= 0.6 is 0 Å². The van der Waals surface area contributed by atoms with E-state index < -0.39 is 5.97 Å². The van der Waals surface area contributed by atoms with Crippen LogP contribution in [0.2, 0.25) is 0 Å². The summed E-state index contributed by atoms with van der Waals surface area (Å²) in [5.74, 6) is 1.02. The van der Waals surface area contributed by atoms with Gasteiger partial charge in [0.15, 0.2) is 5.82 Å². The number of anilines is 2. The molecule has 0 saturated heterocycles. The second kappa shape index (κ2) is 7.65. The number of hydrogen-bond acceptors (Lipinski definition) is 5. The molecule has 0 fully saturated rings. The monoisotopic (exact) mass is 349 g/mol. The van der Waals surface area contributed by atoms with Gasteiger partial charge in [0.1, 0.15) is 11.6 Å². The van der Waals surface area contributed by atoms with E-state index in [1.54, 1.807) is 31.4 Å². The minimum absolute atomic E-state index is 0.218. The third kappa shape index (κ3) is 3.97. The lowest BCUT2D eigenvalue weighted by molar-refractivity contribution is 0.0697. The van der Waals surface area contributed by atoms with Gasteiger partial charge in [-0.05, 0) is 48.9 Å². The number of rotatable bonds is 6. The molecular formula is C20H19N3O3. The minimum atomic E-state index is -0.968. The molecule has 3 rings (SSSR count). The first-order valence-electron chi connectivity index (χ1n) is 8.22. The normalized spacial score (nSPS) is 10.4. The molecule has 0 aliphatic rings. The molecule has 6 nitrogen and oxygen atoms in total. The molecule has 0 atom stereocenters. The maximum Gasteiger partial charge on any atom is 0.335 e. The van der Waals surface area contributed by atoms with Crippen molar-refractivity contribution in [3.63, 3.8) is 0 Å². The van der Waals surface area contributed by atoms with E-state index in [0.717, 1.165) is 23.4 Å². The number of benzene rings is 2. The van der Waals surface area contributed by atoms with Crippen molar-refractivity contribution in [2.24, 2.45) is 0 Å². The van der Waals surface area contributed by atoms with Gasteiger partial charge in [0.25, 0.3) is 0 Å². The fourth-order valence-corrected chi connectivity index (χ4v) is 2.49. The van der Waals surface area contributed by atoms with Crippen LogP contribution in [0.15, 0.2) is 54.6 Å². The van der Waals surface area contributed by atoms with Gasteiger partial charge >= 0.3 is 5.97 Å². The highest BCUT2D eigenvalue weighted by molar-refractivity contribution is 5.89. The predicted molar refractivity (Wildman–Crippen MR) is 100 cm³/mol. The van der Waals surface area contributed by atoms with E-state index in [1.807, 2.05) is 37.3 Å². The topological polar surface area (TPSA) is 84.3 Å². The van der Waals surface area contributed by atoms with E-state index >= 15 is 0 Å². The number of aryl methyl sites for hydroxylation is 1. The molecule has 0 aliphatic heterocycles. The van der Waals surface area contributed by atoms with Gasteiger partial charge in [-0.3, -0.25) is 0 Å². The molecule has 0 amide bonds. The number of hydrogen-bond donors (Lipinski definition) is 2. The summed E-state index contributed by atoms with van der Waals surface area (Å²) in [6.07, 6.45) is 0.759. The predicted octanol–water partition coefficient (Wildman–Crippen LogP) is 4.16. The lowest BCUT2D eigenvalue weighted by Crippen LogP contribution is -2.02. The molecule has 0 spiro atoms. The van der Waals surface area contributed by atoms with Gasteiger partial charge < -0.3 is 15.2 Å². The van der Waals surface area contributed by atoms with Crippen LogP contribution in [0.3, 0.4) is 0 Å². The third-order valence-electron chi connectivity index (χ3n) is 3.87. The molecule has 6 heteroatoms. The summed E-state index contributed by atoms with van der Waals surface area (Å²) >= 11 is 0. The number of ether oxygens (including phenoxy) is 1. The molecule has 0 radical (unpaired) electrons. The van der Waals surface area contributed by atoms with Gasteiger partial charge in [-0.2, -0.15) is 0 Å². The Morgan fingerprint density at radius 2 is 1.88 bits per heavy atom. The summed E-state index contributed by atoms with van der Waals surface area (Å²) in [6, 6.07) is 16.0. The number of methoxy groups -OCH3 is 1. The lowest BCUT2D eigenvalue weighted by atomic mass is 10.2. The number of aromatic nitrogens is 2. The molecule has 26 heavy (non-hydrogen) atoms. The number of nitrogens with zero attached hydrogens (tertiary/aromatic N) is 2. The summed E-state index contributed by atoms with van der Waals surface area (Å²) in [6.45, 7) is 2.02. The first-order chi connectivity index (χ1) is 12.6. The Hall–Kier alpha value is -3.41. The quantitative estimate of drug-likeness (QED) is 0.695. The average molecular weight is 349 g/mol. The van der Waals surface area contributed by atoms with Crippen LogP contribution in [0.4, 0.5) is 11.5 Å². The first kappa shape index (κ1) is 17.4. The van der Waals surface area contributed by atoms with Gasteiger partial charge in [0, 0.05) is 23.0 Å². The molecule has 2 aromatic carbocycles. The largest absolute Gasteiger partial charge is 0.497 e. The average Bonchev–Trinajstić information content (AvgIpc) is 2.68.